The molecule has 9 nitrogen and oxygen atoms in total. The highest BCUT2D eigenvalue weighted by Crippen LogP contribution is 2.15. The summed E-state index contributed by atoms with van der Waals surface area (Å²) >= 11 is 0. The molecule has 0 unspecified atom stereocenters. The molecular weight excluding hydrogens is 523 g/mol. The van der Waals surface area contributed by atoms with E-state index in [1.807, 2.05) is 43.0 Å². The van der Waals surface area contributed by atoms with Gasteiger partial charge in [0.15, 0.2) is 5.96 Å². The van der Waals surface area contributed by atoms with Gasteiger partial charge in [0.1, 0.15) is 0 Å². The Bertz CT molecular complexity index is 777. The molecule has 2 fully saturated rings. The standard InChI is InChI=1S/C22H34N6O3.HI/c1-3-23-20(26-12-14-28(15-13-26)22(30)31-4-2)24-17-18-8-7-9-19(16-18)25-21(29)27-10-5-6-11-27;/h7-9,16H,3-6,10-15,17H2,1-2H3,(H,23,24)(H,25,29);1H. The lowest BCUT2D eigenvalue weighted by Crippen LogP contribution is -2.53. The quantitative estimate of drug-likeness (QED) is 0.330. The van der Waals surface area contributed by atoms with Crippen LogP contribution in [0, 0.1) is 0 Å². The molecule has 2 aliphatic heterocycles. The largest absolute Gasteiger partial charge is 0.450 e. The number of carbonyl (C=O) groups is 2. The van der Waals surface area contributed by atoms with Crippen molar-refractivity contribution in [3.8, 4) is 0 Å². The van der Waals surface area contributed by atoms with Crippen molar-refractivity contribution < 1.29 is 14.3 Å². The summed E-state index contributed by atoms with van der Waals surface area (Å²) in [4.78, 5) is 34.8. The Balaban J connectivity index is 0.00000363. The van der Waals surface area contributed by atoms with E-state index in [0.29, 0.717) is 39.3 Å². The highest BCUT2D eigenvalue weighted by atomic mass is 127. The maximum Gasteiger partial charge on any atom is 0.409 e. The van der Waals surface area contributed by atoms with E-state index in [1.165, 1.54) is 0 Å². The number of halogens is 1. The van der Waals surface area contributed by atoms with Crippen molar-refractivity contribution >= 4 is 47.7 Å². The van der Waals surface area contributed by atoms with Gasteiger partial charge in [-0.2, -0.15) is 0 Å². The monoisotopic (exact) mass is 558 g/mol. The van der Waals surface area contributed by atoms with Gasteiger partial charge in [0, 0.05) is 51.5 Å². The molecule has 32 heavy (non-hydrogen) atoms. The van der Waals surface area contributed by atoms with Crippen molar-refractivity contribution in [1.29, 1.82) is 0 Å². The van der Waals surface area contributed by atoms with E-state index in [-0.39, 0.29) is 36.1 Å². The van der Waals surface area contributed by atoms with Crippen LogP contribution in [0.2, 0.25) is 0 Å². The predicted octanol–water partition coefficient (Wildman–Crippen LogP) is 3.17. The number of amides is 3. The molecule has 2 saturated heterocycles. The molecule has 0 saturated carbocycles. The molecule has 0 atom stereocenters. The predicted molar refractivity (Wildman–Crippen MR) is 137 cm³/mol. The van der Waals surface area contributed by atoms with Crippen LogP contribution in [0.15, 0.2) is 29.3 Å². The summed E-state index contributed by atoms with van der Waals surface area (Å²) in [5, 5.41) is 6.33. The van der Waals surface area contributed by atoms with E-state index in [0.717, 1.165) is 49.7 Å². The van der Waals surface area contributed by atoms with Gasteiger partial charge >= 0.3 is 12.1 Å². The number of aliphatic imine (C=N–C) groups is 1. The van der Waals surface area contributed by atoms with E-state index in [4.69, 9.17) is 9.73 Å². The van der Waals surface area contributed by atoms with E-state index < -0.39 is 0 Å². The van der Waals surface area contributed by atoms with Crippen molar-refractivity contribution in [2.75, 3.05) is 57.7 Å². The Hall–Kier alpha value is -2.24. The first-order chi connectivity index (χ1) is 15.1. The fraction of sp³-hybridized carbons (Fsp3) is 0.591. The van der Waals surface area contributed by atoms with Gasteiger partial charge in [0.2, 0.25) is 0 Å². The molecule has 0 bridgehead atoms. The van der Waals surface area contributed by atoms with Crippen molar-refractivity contribution in [3.05, 3.63) is 29.8 Å². The van der Waals surface area contributed by atoms with Gasteiger partial charge in [-0.3, -0.25) is 0 Å². The molecule has 178 valence electrons. The van der Waals surface area contributed by atoms with E-state index in [2.05, 4.69) is 15.5 Å². The second-order valence-corrected chi connectivity index (χ2v) is 7.67. The van der Waals surface area contributed by atoms with Crippen molar-refractivity contribution in [2.24, 2.45) is 4.99 Å². The summed E-state index contributed by atoms with van der Waals surface area (Å²) in [5.41, 5.74) is 1.82. The highest BCUT2D eigenvalue weighted by Gasteiger charge is 2.23. The van der Waals surface area contributed by atoms with Gasteiger partial charge in [-0.05, 0) is 44.4 Å². The number of hydrogen-bond acceptors (Lipinski definition) is 4. The van der Waals surface area contributed by atoms with Gasteiger partial charge < -0.3 is 30.1 Å². The molecule has 0 radical (unpaired) electrons. The van der Waals surface area contributed by atoms with Crippen LogP contribution in [-0.4, -0.2) is 85.2 Å². The van der Waals surface area contributed by atoms with Crippen LogP contribution in [0.25, 0.3) is 0 Å². The number of rotatable bonds is 5. The normalized spacial score (nSPS) is 16.4. The Kier molecular flexibility index (Phi) is 10.8. The summed E-state index contributed by atoms with van der Waals surface area (Å²) in [5.74, 6) is 0.831. The minimum atomic E-state index is -0.253. The van der Waals surface area contributed by atoms with Crippen molar-refractivity contribution in [1.82, 2.24) is 20.0 Å². The summed E-state index contributed by atoms with van der Waals surface area (Å²) in [6, 6.07) is 7.79. The number of piperazine rings is 1. The molecular formula is C22H35IN6O3. The molecule has 1 aromatic rings. The third kappa shape index (κ3) is 7.42. The van der Waals surface area contributed by atoms with Crippen molar-refractivity contribution in [3.63, 3.8) is 0 Å². The topological polar surface area (TPSA) is 89.5 Å². The number of likely N-dealkylation sites (tertiary alicyclic amines) is 1. The maximum absolute atomic E-state index is 12.3. The molecule has 2 N–H and O–H groups in total. The number of carbonyl (C=O) groups excluding carboxylic acids is 2. The van der Waals surface area contributed by atoms with Crippen LogP contribution in [-0.2, 0) is 11.3 Å². The fourth-order valence-corrected chi connectivity index (χ4v) is 3.78. The molecule has 3 amide bonds. The Labute approximate surface area is 207 Å². The number of urea groups is 1. The molecule has 0 aliphatic carbocycles. The van der Waals surface area contributed by atoms with E-state index >= 15 is 0 Å². The number of anilines is 1. The van der Waals surface area contributed by atoms with Crippen LogP contribution in [0.4, 0.5) is 15.3 Å². The van der Waals surface area contributed by atoms with Crippen LogP contribution in [0.3, 0.4) is 0 Å². The number of benzene rings is 1. The average molecular weight is 558 g/mol. The van der Waals surface area contributed by atoms with Crippen LogP contribution in [0.1, 0.15) is 32.3 Å². The molecule has 2 aliphatic rings. The lowest BCUT2D eigenvalue weighted by Gasteiger charge is -2.35. The molecule has 10 heteroatoms. The number of nitrogens with zero attached hydrogens (tertiary/aromatic N) is 4. The zero-order valence-corrected chi connectivity index (χ0v) is 21.3. The zero-order valence-electron chi connectivity index (χ0n) is 19.0. The Morgan fingerprint density at radius 1 is 1.00 bits per heavy atom. The first-order valence-corrected chi connectivity index (χ1v) is 11.2. The lowest BCUT2D eigenvalue weighted by molar-refractivity contribution is 0.0914. The molecule has 3 rings (SSSR count). The lowest BCUT2D eigenvalue weighted by atomic mass is 10.2. The minimum absolute atomic E-state index is 0. The number of hydrogen-bond donors (Lipinski definition) is 2. The maximum atomic E-state index is 12.3. The van der Waals surface area contributed by atoms with Gasteiger partial charge in [0.05, 0.1) is 13.2 Å². The number of nitrogens with one attached hydrogen (secondary N) is 2. The number of guanidine groups is 1. The Morgan fingerprint density at radius 3 is 2.34 bits per heavy atom. The molecule has 2 heterocycles. The van der Waals surface area contributed by atoms with Crippen LogP contribution in [0.5, 0.6) is 0 Å². The van der Waals surface area contributed by atoms with Gasteiger partial charge in [-0.15, -0.1) is 24.0 Å². The number of ether oxygens (including phenoxy) is 1. The van der Waals surface area contributed by atoms with Crippen LogP contribution >= 0.6 is 24.0 Å². The van der Waals surface area contributed by atoms with E-state index in [9.17, 15) is 9.59 Å². The smallest absolute Gasteiger partial charge is 0.409 e. The SMILES string of the molecule is CCNC(=NCc1cccc(NC(=O)N2CCCC2)c1)N1CCN(C(=O)OCC)CC1.I. The van der Waals surface area contributed by atoms with Gasteiger partial charge in [-0.1, -0.05) is 12.1 Å². The molecule has 0 aromatic heterocycles. The summed E-state index contributed by atoms with van der Waals surface area (Å²) < 4.78 is 5.09. The first kappa shape index (κ1) is 26.0. The van der Waals surface area contributed by atoms with E-state index in [1.54, 1.807) is 4.90 Å². The second-order valence-electron chi connectivity index (χ2n) is 7.67. The fourth-order valence-electron chi connectivity index (χ4n) is 3.78. The Morgan fingerprint density at radius 2 is 1.69 bits per heavy atom. The summed E-state index contributed by atoms with van der Waals surface area (Å²) in [6.07, 6.45) is 1.89. The average Bonchev–Trinajstić information content (AvgIpc) is 3.32. The summed E-state index contributed by atoms with van der Waals surface area (Å²) in [7, 11) is 0. The highest BCUT2D eigenvalue weighted by molar-refractivity contribution is 14.0. The summed E-state index contributed by atoms with van der Waals surface area (Å²) in [6.45, 7) is 9.81. The van der Waals surface area contributed by atoms with Crippen LogP contribution < -0.4 is 10.6 Å². The molecule has 0 spiro atoms. The third-order valence-electron chi connectivity index (χ3n) is 5.42. The first-order valence-electron chi connectivity index (χ1n) is 11.2. The van der Waals surface area contributed by atoms with Crippen molar-refractivity contribution in [2.45, 2.75) is 33.2 Å². The third-order valence-corrected chi connectivity index (χ3v) is 5.42. The van der Waals surface area contributed by atoms with Gasteiger partial charge in [-0.25, -0.2) is 14.6 Å². The minimum Gasteiger partial charge on any atom is -0.450 e. The van der Waals surface area contributed by atoms with Gasteiger partial charge in [0.25, 0.3) is 0 Å². The molecule has 1 aromatic carbocycles. The zero-order chi connectivity index (χ0) is 22.1. The second kappa shape index (κ2) is 13.3.